The monoisotopic (exact) mass is 424 g/mol. The maximum Gasteiger partial charge on any atom is 0.223 e. The van der Waals surface area contributed by atoms with Crippen LogP contribution >= 0.6 is 0 Å². The average molecular weight is 425 g/mol. The second kappa shape index (κ2) is 8.44. The van der Waals surface area contributed by atoms with E-state index in [-0.39, 0.29) is 17.9 Å². The van der Waals surface area contributed by atoms with Crippen molar-refractivity contribution in [2.75, 3.05) is 31.1 Å². The van der Waals surface area contributed by atoms with Crippen LogP contribution in [0, 0.1) is 23.2 Å². The fourth-order valence-electron chi connectivity index (χ4n) is 7.28. The molecule has 0 aromatic carbocycles. The van der Waals surface area contributed by atoms with Crippen LogP contribution in [-0.2, 0) is 9.59 Å². The van der Waals surface area contributed by atoms with Crippen LogP contribution in [0.25, 0.3) is 0 Å². The Morgan fingerprint density at radius 1 is 1.03 bits per heavy atom. The summed E-state index contributed by atoms with van der Waals surface area (Å²) in [6, 6.07) is 6.14. The van der Waals surface area contributed by atoms with E-state index in [4.69, 9.17) is 0 Å². The van der Waals surface area contributed by atoms with E-state index in [1.54, 1.807) is 6.20 Å². The number of hydrogen-bond acceptors (Lipinski definition) is 4. The van der Waals surface area contributed by atoms with E-state index in [1.165, 1.54) is 38.5 Å². The lowest BCUT2D eigenvalue weighted by Gasteiger charge is -2.59. The van der Waals surface area contributed by atoms with Crippen molar-refractivity contribution in [3.8, 4) is 0 Å². The molecule has 1 aromatic rings. The Hall–Kier alpha value is -2.11. The summed E-state index contributed by atoms with van der Waals surface area (Å²) in [5.41, 5.74) is 0.316. The molecule has 5 fully saturated rings. The van der Waals surface area contributed by atoms with Gasteiger partial charge in [-0.3, -0.25) is 9.59 Å². The zero-order valence-corrected chi connectivity index (χ0v) is 18.8. The molecule has 6 nitrogen and oxygen atoms in total. The van der Waals surface area contributed by atoms with Gasteiger partial charge in [0.25, 0.3) is 0 Å². The van der Waals surface area contributed by atoms with Gasteiger partial charge in [0.05, 0.1) is 0 Å². The van der Waals surface area contributed by atoms with Gasteiger partial charge in [-0.05, 0) is 80.8 Å². The molecular formula is C25H36N4O2. The van der Waals surface area contributed by atoms with Crippen LogP contribution in [0.15, 0.2) is 24.4 Å². The number of nitrogens with zero attached hydrogens (tertiary/aromatic N) is 3. The fraction of sp³-hybridized carbons (Fsp3) is 0.720. The first-order valence-corrected chi connectivity index (χ1v) is 12.2. The zero-order chi connectivity index (χ0) is 21.4. The summed E-state index contributed by atoms with van der Waals surface area (Å²) in [4.78, 5) is 33.8. The number of nitrogens with one attached hydrogen (secondary N) is 1. The predicted molar refractivity (Wildman–Crippen MR) is 120 cm³/mol. The molecule has 4 saturated carbocycles. The van der Waals surface area contributed by atoms with Gasteiger partial charge in [-0.2, -0.15) is 0 Å². The molecule has 31 heavy (non-hydrogen) atoms. The lowest BCUT2D eigenvalue weighted by molar-refractivity contribution is -0.134. The van der Waals surface area contributed by atoms with Crippen molar-refractivity contribution in [1.82, 2.24) is 15.2 Å². The summed E-state index contributed by atoms with van der Waals surface area (Å²) < 4.78 is 0. The van der Waals surface area contributed by atoms with E-state index in [1.807, 2.05) is 23.1 Å². The lowest BCUT2D eigenvalue weighted by Crippen LogP contribution is -2.55. The number of rotatable bonds is 6. The van der Waals surface area contributed by atoms with Crippen LogP contribution in [0.2, 0.25) is 0 Å². The summed E-state index contributed by atoms with van der Waals surface area (Å²) in [6.07, 6.45) is 10.5. The number of anilines is 1. The van der Waals surface area contributed by atoms with E-state index in [0.717, 1.165) is 36.7 Å². The average Bonchev–Trinajstić information content (AvgIpc) is 2.77. The van der Waals surface area contributed by atoms with Crippen molar-refractivity contribution in [3.63, 3.8) is 0 Å². The first-order chi connectivity index (χ1) is 15.0. The highest BCUT2D eigenvalue weighted by atomic mass is 16.2. The fourth-order valence-corrected chi connectivity index (χ4v) is 7.28. The van der Waals surface area contributed by atoms with Gasteiger partial charge in [0.2, 0.25) is 11.8 Å². The minimum atomic E-state index is 0.0451. The van der Waals surface area contributed by atoms with Gasteiger partial charge in [0.1, 0.15) is 5.82 Å². The Labute approximate surface area is 185 Å². The maximum atomic E-state index is 12.7. The molecule has 1 unspecified atom stereocenters. The Bertz CT molecular complexity index is 768. The van der Waals surface area contributed by atoms with E-state index >= 15 is 0 Å². The summed E-state index contributed by atoms with van der Waals surface area (Å²) in [6.45, 7) is 5.18. The SMILES string of the molecule is CC(NC(=O)CCC(=O)N1CCN(c2ccccn2)CC1)C12CC3CC(CC(C3)C1)C2. The summed E-state index contributed by atoms with van der Waals surface area (Å²) in [5.74, 6) is 3.76. The number of hydrogen-bond donors (Lipinski definition) is 1. The molecule has 6 rings (SSSR count). The summed E-state index contributed by atoms with van der Waals surface area (Å²) in [7, 11) is 0. The van der Waals surface area contributed by atoms with Crippen molar-refractivity contribution in [3.05, 3.63) is 24.4 Å². The molecular weight excluding hydrogens is 388 g/mol. The van der Waals surface area contributed by atoms with Crippen molar-refractivity contribution in [1.29, 1.82) is 0 Å². The predicted octanol–water partition coefficient (Wildman–Crippen LogP) is 3.23. The Balaban J connectivity index is 1.07. The van der Waals surface area contributed by atoms with Crippen LogP contribution < -0.4 is 10.2 Å². The maximum absolute atomic E-state index is 12.7. The van der Waals surface area contributed by atoms with Crippen LogP contribution in [0.3, 0.4) is 0 Å². The summed E-state index contributed by atoms with van der Waals surface area (Å²) >= 11 is 0. The lowest BCUT2D eigenvalue weighted by atomic mass is 9.48. The molecule has 0 radical (unpaired) electrons. The highest BCUT2D eigenvalue weighted by molar-refractivity contribution is 5.84. The quantitative estimate of drug-likeness (QED) is 0.761. The van der Waals surface area contributed by atoms with E-state index < -0.39 is 0 Å². The molecule has 4 bridgehead atoms. The second-order valence-corrected chi connectivity index (χ2v) is 10.6. The van der Waals surface area contributed by atoms with Gasteiger partial charge in [-0.25, -0.2) is 4.98 Å². The third-order valence-corrected chi connectivity index (χ3v) is 8.55. The molecule has 168 valence electrons. The number of carbonyl (C=O) groups is 2. The van der Waals surface area contributed by atoms with E-state index in [2.05, 4.69) is 22.1 Å². The van der Waals surface area contributed by atoms with Gasteiger partial charge in [-0.1, -0.05) is 6.07 Å². The van der Waals surface area contributed by atoms with Crippen molar-refractivity contribution < 1.29 is 9.59 Å². The third kappa shape index (κ3) is 4.31. The molecule has 2 amide bonds. The minimum absolute atomic E-state index is 0.0451. The van der Waals surface area contributed by atoms with Crippen LogP contribution in [0.4, 0.5) is 5.82 Å². The topological polar surface area (TPSA) is 65.5 Å². The molecule has 1 N–H and O–H groups in total. The van der Waals surface area contributed by atoms with Crippen molar-refractivity contribution in [2.24, 2.45) is 23.2 Å². The number of carbonyl (C=O) groups excluding carboxylic acids is 2. The van der Waals surface area contributed by atoms with Gasteiger partial charge in [0, 0.05) is 51.3 Å². The first kappa shape index (κ1) is 20.8. The Morgan fingerprint density at radius 2 is 1.68 bits per heavy atom. The second-order valence-electron chi connectivity index (χ2n) is 10.6. The standard InChI is InChI=1S/C25H36N4O2/c1-18(25-15-19-12-20(16-25)14-21(13-19)17-25)27-23(30)5-6-24(31)29-10-8-28(9-11-29)22-4-2-3-7-26-22/h2-4,7,18-21H,5-6,8-17H2,1H3,(H,27,30). The van der Waals surface area contributed by atoms with Crippen molar-refractivity contribution >= 4 is 17.6 Å². The summed E-state index contributed by atoms with van der Waals surface area (Å²) in [5, 5.41) is 3.30. The van der Waals surface area contributed by atoms with Crippen LogP contribution in [0.1, 0.15) is 58.3 Å². The minimum Gasteiger partial charge on any atom is -0.353 e. The molecule has 4 aliphatic carbocycles. The van der Waals surface area contributed by atoms with Gasteiger partial charge < -0.3 is 15.1 Å². The zero-order valence-electron chi connectivity index (χ0n) is 18.8. The molecule has 1 saturated heterocycles. The molecule has 0 spiro atoms. The number of piperazine rings is 1. The van der Waals surface area contributed by atoms with E-state index in [0.29, 0.717) is 31.3 Å². The number of amides is 2. The largest absolute Gasteiger partial charge is 0.353 e. The molecule has 1 aliphatic heterocycles. The van der Waals surface area contributed by atoms with Crippen LogP contribution in [-0.4, -0.2) is 53.9 Å². The third-order valence-electron chi connectivity index (χ3n) is 8.55. The molecule has 5 aliphatic rings. The Morgan fingerprint density at radius 3 is 2.26 bits per heavy atom. The normalized spacial score (nSPS) is 32.7. The molecule has 6 heteroatoms. The van der Waals surface area contributed by atoms with Gasteiger partial charge in [-0.15, -0.1) is 0 Å². The van der Waals surface area contributed by atoms with Gasteiger partial charge in [0.15, 0.2) is 0 Å². The smallest absolute Gasteiger partial charge is 0.223 e. The first-order valence-electron chi connectivity index (χ1n) is 12.2. The molecule has 1 aromatic heterocycles. The number of aromatic nitrogens is 1. The van der Waals surface area contributed by atoms with Gasteiger partial charge >= 0.3 is 0 Å². The number of pyridine rings is 1. The van der Waals surface area contributed by atoms with E-state index in [9.17, 15) is 9.59 Å². The highest BCUT2D eigenvalue weighted by Gasteiger charge is 2.53. The molecule has 2 heterocycles. The van der Waals surface area contributed by atoms with Crippen LogP contribution in [0.5, 0.6) is 0 Å². The molecule has 1 atom stereocenters. The Kier molecular flexibility index (Phi) is 5.65. The van der Waals surface area contributed by atoms with Crippen molar-refractivity contribution in [2.45, 2.75) is 64.3 Å². The highest BCUT2D eigenvalue weighted by Crippen LogP contribution is 2.61.